The zero-order valence-electron chi connectivity index (χ0n) is 9.13. The van der Waals surface area contributed by atoms with Crippen LogP contribution in [0.2, 0.25) is 10.0 Å². The van der Waals surface area contributed by atoms with Crippen molar-refractivity contribution in [1.29, 1.82) is 5.26 Å². The van der Waals surface area contributed by atoms with E-state index in [0.29, 0.717) is 23.0 Å². The molecule has 0 saturated carbocycles. The predicted octanol–water partition coefficient (Wildman–Crippen LogP) is 3.78. The normalized spacial score (nSPS) is 12.1. The van der Waals surface area contributed by atoms with Gasteiger partial charge in [-0.3, -0.25) is 0 Å². The third kappa shape index (κ3) is 4.02. The van der Waals surface area contributed by atoms with Gasteiger partial charge >= 0.3 is 0 Å². The van der Waals surface area contributed by atoms with Gasteiger partial charge in [-0.15, -0.1) is 0 Å². The van der Waals surface area contributed by atoms with Crippen molar-refractivity contribution in [2.24, 2.45) is 0 Å². The number of nitrogens with one attached hydrogen (secondary N) is 1. The lowest BCUT2D eigenvalue weighted by Gasteiger charge is -2.13. The number of halogens is 2. The van der Waals surface area contributed by atoms with Gasteiger partial charge in [-0.05, 0) is 24.1 Å². The maximum Gasteiger partial charge on any atom is 0.0638 e. The Morgan fingerprint density at radius 3 is 2.69 bits per heavy atom. The lowest BCUT2D eigenvalue weighted by atomic mass is 10.1. The molecule has 0 bridgehead atoms. The smallest absolute Gasteiger partial charge is 0.0638 e. The van der Waals surface area contributed by atoms with Crippen LogP contribution in [0.4, 0.5) is 0 Å². The Morgan fingerprint density at radius 1 is 1.38 bits per heavy atom. The Balaban J connectivity index is 2.54. The van der Waals surface area contributed by atoms with E-state index in [2.05, 4.69) is 18.3 Å². The number of nitriles is 1. The predicted molar refractivity (Wildman–Crippen MR) is 67.6 cm³/mol. The number of benzene rings is 1. The summed E-state index contributed by atoms with van der Waals surface area (Å²) in [6.07, 6.45) is 1.46. The minimum Gasteiger partial charge on any atom is -0.309 e. The van der Waals surface area contributed by atoms with E-state index < -0.39 is 0 Å². The van der Waals surface area contributed by atoms with Crippen molar-refractivity contribution >= 4 is 23.2 Å². The Morgan fingerprint density at radius 2 is 2.12 bits per heavy atom. The molecule has 0 spiro atoms. The van der Waals surface area contributed by atoms with Gasteiger partial charge in [-0.2, -0.15) is 5.26 Å². The average Bonchev–Trinajstić information content (AvgIpc) is 2.28. The number of hydrogen-bond donors (Lipinski definition) is 1. The first kappa shape index (κ1) is 13.3. The highest BCUT2D eigenvalue weighted by molar-refractivity contribution is 6.42. The van der Waals surface area contributed by atoms with E-state index in [-0.39, 0.29) is 6.04 Å². The summed E-state index contributed by atoms with van der Waals surface area (Å²) in [6.45, 7) is 2.76. The highest BCUT2D eigenvalue weighted by Gasteiger charge is 2.05. The van der Waals surface area contributed by atoms with Gasteiger partial charge in [0, 0.05) is 12.6 Å². The quantitative estimate of drug-likeness (QED) is 0.871. The molecule has 0 saturated heterocycles. The first-order chi connectivity index (χ1) is 7.67. The Bertz CT molecular complexity index is 385. The molecular formula is C12H14Cl2N2. The number of rotatable bonds is 5. The molecular weight excluding hydrogens is 243 g/mol. The number of nitrogens with zero attached hydrogens (tertiary/aromatic N) is 1. The van der Waals surface area contributed by atoms with Crippen molar-refractivity contribution in [2.45, 2.75) is 32.4 Å². The van der Waals surface area contributed by atoms with Crippen LogP contribution in [0.5, 0.6) is 0 Å². The lowest BCUT2D eigenvalue weighted by Crippen LogP contribution is -2.27. The van der Waals surface area contributed by atoms with Gasteiger partial charge in [-0.25, -0.2) is 0 Å². The Kier molecular flexibility index (Phi) is 5.62. The fourth-order valence-electron chi connectivity index (χ4n) is 1.38. The van der Waals surface area contributed by atoms with Crippen molar-refractivity contribution in [3.05, 3.63) is 33.8 Å². The van der Waals surface area contributed by atoms with Gasteiger partial charge in [0.2, 0.25) is 0 Å². The van der Waals surface area contributed by atoms with E-state index in [1.807, 2.05) is 12.1 Å². The molecule has 0 aliphatic carbocycles. The summed E-state index contributed by atoms with van der Waals surface area (Å²) in [6, 6.07) is 7.96. The summed E-state index contributed by atoms with van der Waals surface area (Å²) in [4.78, 5) is 0. The zero-order chi connectivity index (χ0) is 12.0. The molecule has 0 aliphatic heterocycles. The topological polar surface area (TPSA) is 35.8 Å². The van der Waals surface area contributed by atoms with Crippen LogP contribution < -0.4 is 5.32 Å². The molecule has 0 radical (unpaired) electrons. The molecule has 16 heavy (non-hydrogen) atoms. The van der Waals surface area contributed by atoms with Gasteiger partial charge in [-0.1, -0.05) is 36.2 Å². The minimum atomic E-state index is 0.236. The van der Waals surface area contributed by atoms with Gasteiger partial charge in [0.25, 0.3) is 0 Å². The highest BCUT2D eigenvalue weighted by Crippen LogP contribution is 2.22. The van der Waals surface area contributed by atoms with E-state index in [0.717, 1.165) is 12.0 Å². The van der Waals surface area contributed by atoms with Crippen molar-refractivity contribution in [1.82, 2.24) is 5.32 Å². The maximum absolute atomic E-state index is 8.62. The molecule has 0 fully saturated rings. The second-order valence-corrected chi connectivity index (χ2v) is 4.41. The van der Waals surface area contributed by atoms with Crippen molar-refractivity contribution < 1.29 is 0 Å². The summed E-state index contributed by atoms with van der Waals surface area (Å²) >= 11 is 11.7. The molecule has 0 aromatic heterocycles. The maximum atomic E-state index is 8.62. The molecule has 4 heteroatoms. The van der Waals surface area contributed by atoms with Crippen LogP contribution in [0.15, 0.2) is 18.2 Å². The van der Waals surface area contributed by atoms with Crippen LogP contribution in [-0.4, -0.2) is 6.04 Å². The molecule has 86 valence electrons. The first-order valence-corrected chi connectivity index (χ1v) is 5.97. The zero-order valence-corrected chi connectivity index (χ0v) is 10.6. The van der Waals surface area contributed by atoms with Gasteiger partial charge < -0.3 is 5.32 Å². The molecule has 1 N–H and O–H groups in total. The molecule has 1 atom stereocenters. The summed E-state index contributed by atoms with van der Waals surface area (Å²) in [7, 11) is 0. The van der Waals surface area contributed by atoms with Crippen molar-refractivity contribution in [2.75, 3.05) is 0 Å². The SMILES string of the molecule is CCC(CC#N)NCc1ccc(Cl)c(Cl)c1. The molecule has 1 rings (SSSR count). The molecule has 0 aliphatic rings. The van der Waals surface area contributed by atoms with Crippen LogP contribution in [0.25, 0.3) is 0 Å². The van der Waals surface area contributed by atoms with E-state index >= 15 is 0 Å². The van der Waals surface area contributed by atoms with Crippen molar-refractivity contribution in [3.8, 4) is 6.07 Å². The molecule has 2 nitrogen and oxygen atoms in total. The van der Waals surface area contributed by atoms with Gasteiger partial charge in [0.1, 0.15) is 0 Å². The third-order valence-corrected chi connectivity index (χ3v) is 3.15. The highest BCUT2D eigenvalue weighted by atomic mass is 35.5. The molecule has 1 unspecified atom stereocenters. The standard InChI is InChI=1S/C12H14Cl2N2/c1-2-10(5-6-15)16-8-9-3-4-11(13)12(14)7-9/h3-4,7,10,16H,2,5,8H2,1H3. The summed E-state index contributed by atoms with van der Waals surface area (Å²) in [5.74, 6) is 0. The second kappa shape index (κ2) is 6.75. The van der Waals surface area contributed by atoms with Crippen LogP contribution in [0.1, 0.15) is 25.3 Å². The first-order valence-electron chi connectivity index (χ1n) is 5.21. The lowest BCUT2D eigenvalue weighted by molar-refractivity contribution is 0.505. The van der Waals surface area contributed by atoms with Gasteiger partial charge in [0.15, 0.2) is 0 Å². The van der Waals surface area contributed by atoms with Crippen LogP contribution >= 0.6 is 23.2 Å². The Hall–Kier alpha value is -0.750. The molecule has 1 aromatic carbocycles. The van der Waals surface area contributed by atoms with E-state index in [9.17, 15) is 0 Å². The average molecular weight is 257 g/mol. The number of hydrogen-bond acceptors (Lipinski definition) is 2. The fraction of sp³-hybridized carbons (Fsp3) is 0.417. The largest absolute Gasteiger partial charge is 0.309 e. The summed E-state index contributed by atoms with van der Waals surface area (Å²) in [5.41, 5.74) is 1.07. The van der Waals surface area contributed by atoms with Crippen LogP contribution in [0.3, 0.4) is 0 Å². The second-order valence-electron chi connectivity index (χ2n) is 3.60. The summed E-state index contributed by atoms with van der Waals surface area (Å²) in [5, 5.41) is 13.1. The monoisotopic (exact) mass is 256 g/mol. The van der Waals surface area contributed by atoms with E-state index in [4.69, 9.17) is 28.5 Å². The van der Waals surface area contributed by atoms with Crippen LogP contribution in [0, 0.1) is 11.3 Å². The molecule has 1 aromatic rings. The van der Waals surface area contributed by atoms with Gasteiger partial charge in [0.05, 0.1) is 22.5 Å². The van der Waals surface area contributed by atoms with E-state index in [1.165, 1.54) is 0 Å². The van der Waals surface area contributed by atoms with Crippen molar-refractivity contribution in [3.63, 3.8) is 0 Å². The minimum absolute atomic E-state index is 0.236. The molecule has 0 amide bonds. The fourth-order valence-corrected chi connectivity index (χ4v) is 1.70. The third-order valence-electron chi connectivity index (χ3n) is 2.41. The van der Waals surface area contributed by atoms with Crippen LogP contribution in [-0.2, 0) is 6.54 Å². The summed E-state index contributed by atoms with van der Waals surface area (Å²) < 4.78 is 0. The van der Waals surface area contributed by atoms with E-state index in [1.54, 1.807) is 6.07 Å². The Labute approximate surface area is 106 Å². The molecule has 0 heterocycles.